The molecule has 0 radical (unpaired) electrons. The maximum absolute atomic E-state index is 11.7. The predicted molar refractivity (Wildman–Crippen MR) is 118 cm³/mol. The van der Waals surface area contributed by atoms with Crippen LogP contribution in [-0.4, -0.2) is 36.8 Å². The number of primary amides is 1. The number of ether oxygens (including phenoxy) is 2. The molecule has 2 N–H and O–H groups in total. The fourth-order valence-corrected chi connectivity index (χ4v) is 4.09. The monoisotopic (exact) mass is 445 g/mol. The van der Waals surface area contributed by atoms with Crippen molar-refractivity contribution >= 4 is 35.0 Å². The van der Waals surface area contributed by atoms with Crippen molar-refractivity contribution in [1.82, 2.24) is 0 Å². The summed E-state index contributed by atoms with van der Waals surface area (Å²) in [6, 6.07) is 11.6. The average Bonchev–Trinajstić information content (AvgIpc) is 3.19. The summed E-state index contributed by atoms with van der Waals surface area (Å²) in [5, 5.41) is 0. The Morgan fingerprint density at radius 1 is 0.903 bits per heavy atom. The Balaban J connectivity index is 2.15. The van der Waals surface area contributed by atoms with Gasteiger partial charge in [0.25, 0.3) is 0 Å². The van der Waals surface area contributed by atoms with Gasteiger partial charge in [-0.25, -0.2) is 0 Å². The summed E-state index contributed by atoms with van der Waals surface area (Å²) in [4.78, 5) is 47.6. The van der Waals surface area contributed by atoms with Gasteiger partial charge in [-0.15, -0.1) is 11.3 Å². The molecule has 0 saturated carbocycles. The van der Waals surface area contributed by atoms with Gasteiger partial charge in [-0.05, 0) is 43.0 Å². The van der Waals surface area contributed by atoms with Crippen LogP contribution >= 0.6 is 11.3 Å². The Hall–Kier alpha value is -3.00. The Kier molecular flexibility index (Phi) is 8.50. The first-order valence-corrected chi connectivity index (χ1v) is 10.7. The molecule has 0 fully saturated rings. The van der Waals surface area contributed by atoms with E-state index in [1.807, 2.05) is 36.4 Å². The van der Waals surface area contributed by atoms with Crippen LogP contribution in [0.3, 0.4) is 0 Å². The molecule has 0 aliphatic carbocycles. The molecular formula is C23H27NO6S. The number of carbonyl (C=O) groups is 4. The van der Waals surface area contributed by atoms with Crippen molar-refractivity contribution in [2.75, 3.05) is 13.2 Å². The van der Waals surface area contributed by atoms with Crippen molar-refractivity contribution in [1.29, 1.82) is 0 Å². The molecule has 1 aromatic carbocycles. The first-order valence-electron chi connectivity index (χ1n) is 9.85. The van der Waals surface area contributed by atoms with Gasteiger partial charge in [-0.3, -0.25) is 19.2 Å². The van der Waals surface area contributed by atoms with Gasteiger partial charge in [0.05, 0.1) is 4.88 Å². The van der Waals surface area contributed by atoms with Crippen molar-refractivity contribution in [3.8, 4) is 10.4 Å². The van der Waals surface area contributed by atoms with E-state index in [2.05, 4.69) is 0 Å². The standard InChI is InChI=1S/C23H27NO6S/c1-15(25)20-8-9-21(31-20)19-6-4-18(5-7-19)10-11-23(12-22(24)28,13-29-16(2)26)14-30-17(3)27/h4-9H,10-14H2,1-3H3,(H2,24,28). The zero-order valence-electron chi connectivity index (χ0n) is 17.9. The summed E-state index contributed by atoms with van der Waals surface area (Å²) in [7, 11) is 0. The smallest absolute Gasteiger partial charge is 0.302 e. The van der Waals surface area contributed by atoms with Crippen LogP contribution in [0, 0.1) is 5.41 Å². The molecule has 0 saturated heterocycles. The summed E-state index contributed by atoms with van der Waals surface area (Å²) in [5.74, 6) is -1.49. The van der Waals surface area contributed by atoms with Gasteiger partial charge in [0.1, 0.15) is 13.2 Å². The van der Waals surface area contributed by atoms with E-state index in [9.17, 15) is 19.2 Å². The molecule has 166 valence electrons. The van der Waals surface area contributed by atoms with Gasteiger partial charge in [-0.2, -0.15) is 0 Å². The van der Waals surface area contributed by atoms with Gasteiger partial charge < -0.3 is 15.2 Å². The molecule has 0 aliphatic rings. The fourth-order valence-electron chi connectivity index (χ4n) is 3.18. The molecule has 2 aromatic rings. The van der Waals surface area contributed by atoms with E-state index in [0.29, 0.717) is 17.7 Å². The molecule has 0 aliphatic heterocycles. The number of nitrogens with two attached hydrogens (primary N) is 1. The Morgan fingerprint density at radius 3 is 1.94 bits per heavy atom. The molecule has 0 bridgehead atoms. The van der Waals surface area contributed by atoms with Gasteiger partial charge >= 0.3 is 11.9 Å². The van der Waals surface area contributed by atoms with Crippen molar-refractivity contribution < 1.29 is 28.7 Å². The third kappa shape index (κ3) is 7.64. The molecule has 31 heavy (non-hydrogen) atoms. The van der Waals surface area contributed by atoms with Gasteiger partial charge in [0.2, 0.25) is 5.91 Å². The van der Waals surface area contributed by atoms with Crippen LogP contribution < -0.4 is 5.73 Å². The van der Waals surface area contributed by atoms with E-state index in [0.717, 1.165) is 16.0 Å². The third-order valence-corrected chi connectivity index (χ3v) is 6.08. The minimum atomic E-state index is -0.897. The lowest BCUT2D eigenvalue weighted by Gasteiger charge is -2.31. The lowest BCUT2D eigenvalue weighted by Crippen LogP contribution is -2.38. The highest BCUT2D eigenvalue weighted by Gasteiger charge is 2.35. The highest BCUT2D eigenvalue weighted by Crippen LogP contribution is 2.32. The SMILES string of the molecule is CC(=O)OCC(CCc1ccc(-c2ccc(C(C)=O)s2)cc1)(COC(C)=O)CC(N)=O. The highest BCUT2D eigenvalue weighted by atomic mass is 32.1. The minimum Gasteiger partial charge on any atom is -0.465 e. The maximum atomic E-state index is 11.7. The second-order valence-corrected chi connectivity index (χ2v) is 8.70. The molecule has 0 spiro atoms. The van der Waals surface area contributed by atoms with Crippen LogP contribution in [0.25, 0.3) is 10.4 Å². The number of hydrogen-bond donors (Lipinski definition) is 1. The second kappa shape index (κ2) is 10.9. The zero-order valence-corrected chi connectivity index (χ0v) is 18.8. The molecule has 0 atom stereocenters. The largest absolute Gasteiger partial charge is 0.465 e. The van der Waals surface area contributed by atoms with Gasteiger partial charge in [0, 0.05) is 30.6 Å². The molecule has 1 aromatic heterocycles. The van der Waals surface area contributed by atoms with Crippen LogP contribution in [0.5, 0.6) is 0 Å². The first kappa shape index (κ1) is 24.3. The van der Waals surface area contributed by atoms with Gasteiger partial charge in [0.15, 0.2) is 5.78 Å². The number of Topliss-reactive ketones (excluding diaryl/α,β-unsaturated/α-hetero) is 1. The normalized spacial score (nSPS) is 11.1. The van der Waals surface area contributed by atoms with Crippen molar-refractivity contribution in [2.24, 2.45) is 11.1 Å². The lowest BCUT2D eigenvalue weighted by molar-refractivity contribution is -0.154. The van der Waals surface area contributed by atoms with Crippen LogP contribution in [0.2, 0.25) is 0 Å². The zero-order chi connectivity index (χ0) is 23.0. The second-order valence-electron chi connectivity index (χ2n) is 7.62. The van der Waals surface area contributed by atoms with Crippen molar-refractivity contribution in [3.63, 3.8) is 0 Å². The third-order valence-electron chi connectivity index (χ3n) is 4.85. The van der Waals surface area contributed by atoms with E-state index in [1.54, 1.807) is 6.92 Å². The van der Waals surface area contributed by atoms with E-state index >= 15 is 0 Å². The van der Waals surface area contributed by atoms with Gasteiger partial charge in [-0.1, -0.05) is 24.3 Å². The molecule has 8 heteroatoms. The van der Waals surface area contributed by atoms with E-state index < -0.39 is 23.3 Å². The number of hydrogen-bond acceptors (Lipinski definition) is 7. The summed E-state index contributed by atoms with van der Waals surface area (Å²) in [5.41, 5.74) is 6.54. The van der Waals surface area contributed by atoms with Crippen LogP contribution in [0.1, 0.15) is 48.8 Å². The number of ketones is 1. The quantitative estimate of drug-likeness (QED) is 0.418. The van der Waals surface area contributed by atoms with E-state index in [4.69, 9.17) is 15.2 Å². The molecule has 1 amide bonds. The number of benzene rings is 1. The van der Waals surface area contributed by atoms with E-state index in [-0.39, 0.29) is 25.4 Å². The maximum Gasteiger partial charge on any atom is 0.302 e. The van der Waals surface area contributed by atoms with Crippen LogP contribution in [-0.2, 0) is 30.3 Å². The summed E-state index contributed by atoms with van der Waals surface area (Å²) < 4.78 is 10.3. The number of aryl methyl sites for hydroxylation is 1. The topological polar surface area (TPSA) is 113 Å². The summed E-state index contributed by atoms with van der Waals surface area (Å²) >= 11 is 1.45. The predicted octanol–water partition coefficient (Wildman–Crippen LogP) is 3.54. The molecule has 7 nitrogen and oxygen atoms in total. The highest BCUT2D eigenvalue weighted by molar-refractivity contribution is 7.17. The Bertz CT molecular complexity index is 929. The Labute approximate surface area is 185 Å². The van der Waals surface area contributed by atoms with Crippen molar-refractivity contribution in [3.05, 3.63) is 46.8 Å². The number of esters is 2. The summed E-state index contributed by atoms with van der Waals surface area (Å²) in [6.07, 6.45) is 0.928. The molecular weight excluding hydrogens is 418 g/mol. The number of rotatable bonds is 11. The Morgan fingerprint density at radius 2 is 1.48 bits per heavy atom. The minimum absolute atomic E-state index is 0.0409. The molecule has 0 unspecified atom stereocenters. The number of amides is 1. The number of thiophene rings is 1. The van der Waals surface area contributed by atoms with Crippen molar-refractivity contribution in [2.45, 2.75) is 40.0 Å². The fraction of sp³-hybridized carbons (Fsp3) is 0.391. The van der Waals surface area contributed by atoms with Crippen LogP contribution in [0.15, 0.2) is 36.4 Å². The molecule has 1 heterocycles. The molecule has 2 rings (SSSR count). The van der Waals surface area contributed by atoms with Crippen LogP contribution in [0.4, 0.5) is 0 Å². The van der Waals surface area contributed by atoms with E-state index in [1.165, 1.54) is 25.2 Å². The number of carbonyl (C=O) groups excluding carboxylic acids is 4. The lowest BCUT2D eigenvalue weighted by atomic mass is 9.80. The first-order chi connectivity index (χ1) is 14.6. The summed E-state index contributed by atoms with van der Waals surface area (Å²) in [6.45, 7) is 3.96. The average molecular weight is 446 g/mol.